The van der Waals surface area contributed by atoms with E-state index >= 15 is 0 Å². The van der Waals surface area contributed by atoms with Crippen molar-refractivity contribution in [2.24, 2.45) is 0 Å². The summed E-state index contributed by atoms with van der Waals surface area (Å²) in [6, 6.07) is 16.1. The summed E-state index contributed by atoms with van der Waals surface area (Å²) in [5.74, 6) is -1.05. The monoisotopic (exact) mass is 559 g/mol. The van der Waals surface area contributed by atoms with Crippen LogP contribution in [-0.4, -0.2) is 23.1 Å². The summed E-state index contributed by atoms with van der Waals surface area (Å²) in [6.07, 6.45) is 3.21. The molecule has 1 fully saturated rings. The normalized spacial score (nSPS) is 13.6. The standard InChI is InChI=1S/C28H22Cl3F2N3O/c29-19-7-5-18(6-8-19)25-26(21-10-9-20(30)15-22(21)31)34-28(36-12-2-1-3-13-36)35-27(25)37-16-17-4-11-23(32)24(33)14-17/h4-11,14-15H,1-3,12-13,16H2. The van der Waals surface area contributed by atoms with Crippen LogP contribution in [0.1, 0.15) is 24.8 Å². The molecule has 0 unspecified atom stereocenters. The van der Waals surface area contributed by atoms with Gasteiger partial charge in [-0.05, 0) is 72.9 Å². The molecule has 9 heteroatoms. The first-order chi connectivity index (χ1) is 17.9. The largest absolute Gasteiger partial charge is 0.472 e. The molecule has 0 spiro atoms. The quantitative estimate of drug-likeness (QED) is 0.237. The molecule has 0 atom stereocenters. The molecular weight excluding hydrogens is 539 g/mol. The van der Waals surface area contributed by atoms with Crippen LogP contribution in [0, 0.1) is 11.6 Å². The van der Waals surface area contributed by atoms with Crippen molar-refractivity contribution >= 4 is 40.8 Å². The molecule has 4 nitrogen and oxygen atoms in total. The Hall–Kier alpha value is -2.93. The number of aromatic nitrogens is 2. The summed E-state index contributed by atoms with van der Waals surface area (Å²) in [5, 5.41) is 1.50. The molecular formula is C28H22Cl3F2N3O. The minimum Gasteiger partial charge on any atom is -0.472 e. The number of nitrogens with zero attached hydrogens (tertiary/aromatic N) is 3. The molecule has 0 bridgehead atoms. The number of anilines is 1. The third kappa shape index (κ3) is 5.82. The van der Waals surface area contributed by atoms with Crippen LogP contribution in [0.4, 0.5) is 14.7 Å². The minimum absolute atomic E-state index is 0.0258. The first kappa shape index (κ1) is 25.7. The van der Waals surface area contributed by atoms with Gasteiger partial charge >= 0.3 is 0 Å². The van der Waals surface area contributed by atoms with Crippen LogP contribution in [0.3, 0.4) is 0 Å². The van der Waals surface area contributed by atoms with E-state index in [4.69, 9.17) is 49.5 Å². The predicted octanol–water partition coefficient (Wildman–Crippen LogP) is 8.62. The molecule has 1 aliphatic rings. The third-order valence-electron chi connectivity index (χ3n) is 6.18. The smallest absolute Gasteiger partial charge is 0.229 e. The number of benzene rings is 3. The van der Waals surface area contributed by atoms with Gasteiger partial charge in [-0.15, -0.1) is 0 Å². The van der Waals surface area contributed by atoms with Crippen molar-refractivity contribution in [2.75, 3.05) is 18.0 Å². The number of halogens is 5. The van der Waals surface area contributed by atoms with E-state index in [-0.39, 0.29) is 6.61 Å². The van der Waals surface area contributed by atoms with E-state index in [1.54, 1.807) is 24.3 Å². The van der Waals surface area contributed by atoms with Crippen molar-refractivity contribution in [1.82, 2.24) is 9.97 Å². The summed E-state index contributed by atoms with van der Waals surface area (Å²) in [4.78, 5) is 11.9. The van der Waals surface area contributed by atoms with Gasteiger partial charge in [0.25, 0.3) is 0 Å². The highest BCUT2D eigenvalue weighted by Crippen LogP contribution is 2.42. The van der Waals surface area contributed by atoms with E-state index in [1.165, 1.54) is 6.07 Å². The Bertz CT molecular complexity index is 1430. The fourth-order valence-electron chi connectivity index (χ4n) is 4.30. The van der Waals surface area contributed by atoms with E-state index in [9.17, 15) is 8.78 Å². The average molecular weight is 561 g/mol. The molecule has 190 valence electrons. The lowest BCUT2D eigenvalue weighted by Gasteiger charge is -2.28. The topological polar surface area (TPSA) is 38.2 Å². The second-order valence-electron chi connectivity index (χ2n) is 8.77. The molecule has 3 aromatic carbocycles. The van der Waals surface area contributed by atoms with Gasteiger partial charge in [0.05, 0.1) is 16.3 Å². The number of rotatable bonds is 6. The summed E-state index contributed by atoms with van der Waals surface area (Å²) in [7, 11) is 0. The van der Waals surface area contributed by atoms with Crippen LogP contribution in [0.2, 0.25) is 15.1 Å². The van der Waals surface area contributed by atoms with Gasteiger partial charge in [-0.1, -0.05) is 53.0 Å². The Labute approximate surface area is 228 Å². The highest BCUT2D eigenvalue weighted by atomic mass is 35.5. The van der Waals surface area contributed by atoms with Crippen LogP contribution < -0.4 is 9.64 Å². The number of ether oxygens (including phenoxy) is 1. The molecule has 0 aliphatic carbocycles. The SMILES string of the molecule is Fc1ccc(COc2nc(N3CCCCC3)nc(-c3ccc(Cl)cc3Cl)c2-c2ccc(Cl)cc2)cc1F. The number of hydrogen-bond donors (Lipinski definition) is 0. The number of piperidine rings is 1. The molecule has 1 aliphatic heterocycles. The van der Waals surface area contributed by atoms with Gasteiger partial charge in [-0.25, -0.2) is 13.8 Å². The second kappa shape index (κ2) is 11.2. The van der Waals surface area contributed by atoms with Crippen molar-refractivity contribution in [3.8, 4) is 28.3 Å². The molecule has 0 N–H and O–H groups in total. The molecule has 0 amide bonds. The zero-order valence-electron chi connectivity index (χ0n) is 19.7. The van der Waals surface area contributed by atoms with E-state index in [1.807, 2.05) is 18.2 Å². The van der Waals surface area contributed by atoms with Gasteiger partial charge in [0.2, 0.25) is 11.8 Å². The molecule has 1 saturated heterocycles. The number of hydrogen-bond acceptors (Lipinski definition) is 4. The van der Waals surface area contributed by atoms with E-state index in [0.29, 0.717) is 49.3 Å². The van der Waals surface area contributed by atoms with Gasteiger partial charge in [0.15, 0.2) is 11.6 Å². The summed E-state index contributed by atoms with van der Waals surface area (Å²) in [6.45, 7) is 1.61. The maximum Gasteiger partial charge on any atom is 0.229 e. The van der Waals surface area contributed by atoms with Gasteiger partial charge < -0.3 is 9.64 Å². The fraction of sp³-hybridized carbons (Fsp3) is 0.214. The van der Waals surface area contributed by atoms with Crippen LogP contribution in [0.25, 0.3) is 22.4 Å². The molecule has 2 heterocycles. The maximum atomic E-state index is 13.9. The summed E-state index contributed by atoms with van der Waals surface area (Å²) in [5.41, 5.74) is 3.06. The van der Waals surface area contributed by atoms with Crippen molar-refractivity contribution in [1.29, 1.82) is 0 Å². The third-order valence-corrected chi connectivity index (χ3v) is 6.98. The van der Waals surface area contributed by atoms with Crippen molar-refractivity contribution < 1.29 is 13.5 Å². The Kier molecular flexibility index (Phi) is 7.79. The lowest BCUT2D eigenvalue weighted by atomic mass is 10.00. The molecule has 37 heavy (non-hydrogen) atoms. The molecule has 0 radical (unpaired) electrons. The highest BCUT2D eigenvalue weighted by molar-refractivity contribution is 6.36. The Morgan fingerprint density at radius 2 is 1.51 bits per heavy atom. The summed E-state index contributed by atoms with van der Waals surface area (Å²) >= 11 is 19.0. The lowest BCUT2D eigenvalue weighted by molar-refractivity contribution is 0.294. The van der Waals surface area contributed by atoms with Crippen LogP contribution in [0.5, 0.6) is 5.88 Å². The molecule has 4 aromatic rings. The van der Waals surface area contributed by atoms with Crippen molar-refractivity contribution in [2.45, 2.75) is 25.9 Å². The van der Waals surface area contributed by atoms with Gasteiger partial charge in [-0.2, -0.15) is 4.98 Å². The Balaban J connectivity index is 1.68. The molecule has 0 saturated carbocycles. The van der Waals surface area contributed by atoms with E-state index < -0.39 is 11.6 Å². The van der Waals surface area contributed by atoms with Crippen molar-refractivity contribution in [3.63, 3.8) is 0 Å². The second-order valence-corrected chi connectivity index (χ2v) is 10.0. The van der Waals surface area contributed by atoms with Gasteiger partial charge in [0, 0.05) is 28.7 Å². The Morgan fingerprint density at radius 1 is 0.784 bits per heavy atom. The maximum absolute atomic E-state index is 13.9. The first-order valence-corrected chi connectivity index (χ1v) is 13.0. The zero-order chi connectivity index (χ0) is 25.9. The zero-order valence-corrected chi connectivity index (χ0v) is 21.9. The van der Waals surface area contributed by atoms with E-state index in [0.717, 1.165) is 50.0 Å². The summed E-state index contributed by atoms with van der Waals surface area (Å²) < 4.78 is 33.5. The first-order valence-electron chi connectivity index (χ1n) is 11.8. The fourth-order valence-corrected chi connectivity index (χ4v) is 4.93. The predicted molar refractivity (Wildman–Crippen MR) is 145 cm³/mol. The molecule has 5 rings (SSSR count). The van der Waals surface area contributed by atoms with Gasteiger partial charge in [-0.3, -0.25) is 0 Å². The minimum atomic E-state index is -0.940. The van der Waals surface area contributed by atoms with Crippen LogP contribution in [0.15, 0.2) is 60.7 Å². The van der Waals surface area contributed by atoms with Crippen LogP contribution >= 0.6 is 34.8 Å². The lowest BCUT2D eigenvalue weighted by Crippen LogP contribution is -2.31. The average Bonchev–Trinajstić information content (AvgIpc) is 2.90. The highest BCUT2D eigenvalue weighted by Gasteiger charge is 2.24. The molecule has 1 aromatic heterocycles. The van der Waals surface area contributed by atoms with E-state index in [2.05, 4.69) is 4.90 Å². The van der Waals surface area contributed by atoms with Crippen molar-refractivity contribution in [3.05, 3.63) is 92.9 Å². The van der Waals surface area contributed by atoms with Crippen LogP contribution in [-0.2, 0) is 6.61 Å². The van der Waals surface area contributed by atoms with Gasteiger partial charge in [0.1, 0.15) is 6.61 Å². The Morgan fingerprint density at radius 3 is 2.22 bits per heavy atom.